The molecule has 1 heterocycles. The number of rotatable bonds is 13. The highest BCUT2D eigenvalue weighted by Gasteiger charge is 2.30. The fourth-order valence-corrected chi connectivity index (χ4v) is 3.71. The molecule has 0 aliphatic carbocycles. The summed E-state index contributed by atoms with van der Waals surface area (Å²) in [5.41, 5.74) is 1.14. The molecule has 0 saturated carbocycles. The summed E-state index contributed by atoms with van der Waals surface area (Å²) >= 11 is 0. The molecule has 34 heavy (non-hydrogen) atoms. The fourth-order valence-electron chi connectivity index (χ4n) is 3.71. The van der Waals surface area contributed by atoms with Gasteiger partial charge in [-0.2, -0.15) is 0 Å². The van der Waals surface area contributed by atoms with Gasteiger partial charge in [0.05, 0.1) is 18.8 Å². The average molecular weight is 476 g/mol. The van der Waals surface area contributed by atoms with Crippen LogP contribution in [0.1, 0.15) is 46.6 Å². The molecule has 8 nitrogen and oxygen atoms in total. The van der Waals surface area contributed by atoms with Crippen LogP contribution in [0.4, 0.5) is 0 Å². The van der Waals surface area contributed by atoms with Gasteiger partial charge in [-0.15, -0.1) is 0 Å². The first-order chi connectivity index (χ1) is 16.3. The summed E-state index contributed by atoms with van der Waals surface area (Å²) in [4.78, 5) is 28.0. The maximum atomic E-state index is 11.3. The van der Waals surface area contributed by atoms with Gasteiger partial charge in [0.25, 0.3) is 0 Å². The topological polar surface area (TPSA) is 92.7 Å². The van der Waals surface area contributed by atoms with Gasteiger partial charge in [-0.05, 0) is 17.6 Å². The summed E-state index contributed by atoms with van der Waals surface area (Å²) in [5.74, 6) is -0.357. The predicted molar refractivity (Wildman–Crippen MR) is 128 cm³/mol. The standard InChI is InChI=1S/C26H37NO7/c1-18(2)26(31-16-22-9-7-6-8-10-22)19(3)15-32-27-14-13-23-11-12-24(33-21(5)29)25(34-23)17-30-20(4)28/h6-12,14,18-19,23-26H,13,15-17H2,1-5H3/t19-,23+,24+,25-,26-/m1/s1. The van der Waals surface area contributed by atoms with Crippen molar-refractivity contribution in [1.82, 2.24) is 0 Å². The zero-order valence-electron chi connectivity index (χ0n) is 20.7. The van der Waals surface area contributed by atoms with Crippen LogP contribution < -0.4 is 0 Å². The Hall–Kier alpha value is -2.71. The zero-order valence-corrected chi connectivity index (χ0v) is 20.7. The molecule has 2 rings (SSSR count). The quantitative estimate of drug-likeness (QED) is 0.184. The molecule has 1 aliphatic rings. The highest BCUT2D eigenvalue weighted by atomic mass is 16.6. The van der Waals surface area contributed by atoms with Crippen LogP contribution in [0.2, 0.25) is 0 Å². The second kappa shape index (κ2) is 14.5. The van der Waals surface area contributed by atoms with E-state index in [1.165, 1.54) is 13.8 Å². The molecule has 0 N–H and O–H groups in total. The molecule has 0 bridgehead atoms. The molecule has 0 fully saturated rings. The summed E-state index contributed by atoms with van der Waals surface area (Å²) in [6, 6.07) is 10.1. The molecule has 8 heteroatoms. The van der Waals surface area contributed by atoms with Crippen LogP contribution >= 0.6 is 0 Å². The Bertz CT molecular complexity index is 809. The smallest absolute Gasteiger partial charge is 0.303 e. The Morgan fingerprint density at radius 1 is 1.09 bits per heavy atom. The van der Waals surface area contributed by atoms with Crippen LogP contribution in [0, 0.1) is 11.8 Å². The second-order valence-corrected chi connectivity index (χ2v) is 8.78. The zero-order chi connectivity index (χ0) is 24.9. The summed E-state index contributed by atoms with van der Waals surface area (Å²) in [6.07, 6.45) is 4.22. The van der Waals surface area contributed by atoms with E-state index in [-0.39, 0.29) is 24.7 Å². The number of carbonyl (C=O) groups is 2. The third kappa shape index (κ3) is 10.1. The first kappa shape index (κ1) is 27.5. The predicted octanol–water partition coefficient (Wildman–Crippen LogP) is 4.07. The number of esters is 2. The Morgan fingerprint density at radius 2 is 1.82 bits per heavy atom. The highest BCUT2D eigenvalue weighted by molar-refractivity contribution is 5.67. The Morgan fingerprint density at radius 3 is 2.47 bits per heavy atom. The molecule has 0 spiro atoms. The summed E-state index contributed by atoms with van der Waals surface area (Å²) in [6.45, 7) is 9.99. The highest BCUT2D eigenvalue weighted by Crippen LogP contribution is 2.20. The van der Waals surface area contributed by atoms with E-state index in [2.05, 4.69) is 38.1 Å². The molecular formula is C26H37NO7. The van der Waals surface area contributed by atoms with Crippen molar-refractivity contribution in [3.05, 3.63) is 48.0 Å². The van der Waals surface area contributed by atoms with Crippen LogP contribution in [0.5, 0.6) is 0 Å². The summed E-state index contributed by atoms with van der Waals surface area (Å²) in [5, 5.41) is 4.07. The molecule has 0 unspecified atom stereocenters. The van der Waals surface area contributed by atoms with Crippen molar-refractivity contribution >= 4 is 18.2 Å². The minimum absolute atomic E-state index is 0.00114. The van der Waals surface area contributed by atoms with Crippen LogP contribution in [-0.4, -0.2) is 55.8 Å². The molecule has 1 aliphatic heterocycles. The maximum Gasteiger partial charge on any atom is 0.303 e. The van der Waals surface area contributed by atoms with E-state index < -0.39 is 24.1 Å². The number of hydrogen-bond donors (Lipinski definition) is 0. The van der Waals surface area contributed by atoms with Gasteiger partial charge < -0.3 is 23.8 Å². The summed E-state index contributed by atoms with van der Waals surface area (Å²) < 4.78 is 22.3. The van der Waals surface area contributed by atoms with Crippen LogP contribution in [0.15, 0.2) is 47.6 Å². The minimum Gasteiger partial charge on any atom is -0.463 e. The van der Waals surface area contributed by atoms with Crippen molar-refractivity contribution in [3.63, 3.8) is 0 Å². The number of oxime groups is 1. The van der Waals surface area contributed by atoms with Gasteiger partial charge in [-0.25, -0.2) is 0 Å². The van der Waals surface area contributed by atoms with Gasteiger partial charge in [-0.1, -0.05) is 62.3 Å². The van der Waals surface area contributed by atoms with Crippen LogP contribution in [0.3, 0.4) is 0 Å². The van der Waals surface area contributed by atoms with Gasteiger partial charge in [0.1, 0.15) is 25.4 Å². The first-order valence-electron chi connectivity index (χ1n) is 11.7. The number of hydrogen-bond acceptors (Lipinski definition) is 8. The lowest BCUT2D eigenvalue weighted by atomic mass is 9.95. The van der Waals surface area contributed by atoms with Gasteiger partial charge in [0.2, 0.25) is 0 Å². The average Bonchev–Trinajstić information content (AvgIpc) is 2.79. The molecule has 0 saturated heterocycles. The van der Waals surface area contributed by atoms with Crippen molar-refractivity contribution in [2.45, 2.75) is 72.1 Å². The molecule has 0 aromatic heterocycles. The van der Waals surface area contributed by atoms with Crippen molar-refractivity contribution in [1.29, 1.82) is 0 Å². The normalized spacial score (nSPS) is 21.9. The lowest BCUT2D eigenvalue weighted by Crippen LogP contribution is -2.41. The number of carbonyl (C=O) groups excluding carboxylic acids is 2. The van der Waals surface area contributed by atoms with Gasteiger partial charge >= 0.3 is 11.9 Å². The van der Waals surface area contributed by atoms with Crippen molar-refractivity contribution in [2.24, 2.45) is 17.0 Å². The third-order valence-electron chi connectivity index (χ3n) is 5.31. The van der Waals surface area contributed by atoms with Gasteiger partial charge in [-0.3, -0.25) is 9.59 Å². The van der Waals surface area contributed by atoms with Crippen LogP contribution in [0.25, 0.3) is 0 Å². The SMILES string of the molecule is CC(=O)OC[C@H]1O[C@H](CC=NOC[C@@H](C)[C@H](OCc2ccccc2)C(C)C)C=C[C@@H]1OC(C)=O. The lowest BCUT2D eigenvalue weighted by Gasteiger charge is -2.31. The van der Waals surface area contributed by atoms with Crippen molar-refractivity contribution in [3.8, 4) is 0 Å². The van der Waals surface area contributed by atoms with Gasteiger partial charge in [0.15, 0.2) is 0 Å². The van der Waals surface area contributed by atoms with Gasteiger partial charge in [0, 0.05) is 32.4 Å². The van der Waals surface area contributed by atoms with E-state index in [4.69, 9.17) is 23.8 Å². The first-order valence-corrected chi connectivity index (χ1v) is 11.7. The molecule has 1 aromatic carbocycles. The molecule has 188 valence electrons. The van der Waals surface area contributed by atoms with E-state index in [1.54, 1.807) is 18.4 Å². The number of nitrogens with zero attached hydrogens (tertiary/aromatic N) is 1. The van der Waals surface area contributed by atoms with E-state index in [9.17, 15) is 9.59 Å². The number of ether oxygens (including phenoxy) is 4. The van der Waals surface area contributed by atoms with E-state index in [0.29, 0.717) is 25.6 Å². The third-order valence-corrected chi connectivity index (χ3v) is 5.31. The number of benzene rings is 1. The molecule has 0 amide bonds. The van der Waals surface area contributed by atoms with E-state index in [0.717, 1.165) is 5.56 Å². The molecule has 1 aromatic rings. The largest absolute Gasteiger partial charge is 0.463 e. The maximum absolute atomic E-state index is 11.3. The van der Waals surface area contributed by atoms with E-state index in [1.807, 2.05) is 18.2 Å². The van der Waals surface area contributed by atoms with Crippen LogP contribution in [-0.2, 0) is 40.0 Å². The molecule has 0 radical (unpaired) electrons. The monoisotopic (exact) mass is 475 g/mol. The molecular weight excluding hydrogens is 438 g/mol. The molecule has 5 atom stereocenters. The Kier molecular flexibility index (Phi) is 11.8. The lowest BCUT2D eigenvalue weighted by molar-refractivity contribution is -0.162. The summed E-state index contributed by atoms with van der Waals surface area (Å²) in [7, 11) is 0. The van der Waals surface area contributed by atoms with E-state index >= 15 is 0 Å². The van der Waals surface area contributed by atoms with Crippen molar-refractivity contribution in [2.75, 3.05) is 13.2 Å². The second-order valence-electron chi connectivity index (χ2n) is 8.78. The minimum atomic E-state index is -0.606. The fraction of sp³-hybridized carbons (Fsp3) is 0.577. The Balaban J connectivity index is 1.79. The Labute approximate surface area is 202 Å². The van der Waals surface area contributed by atoms with Crippen molar-refractivity contribution < 1.29 is 33.4 Å².